The summed E-state index contributed by atoms with van der Waals surface area (Å²) in [5.41, 5.74) is 0. The maximum absolute atomic E-state index is 12.3. The van der Waals surface area contributed by atoms with Crippen LogP contribution in [0.25, 0.3) is 0 Å². The second-order valence-corrected chi connectivity index (χ2v) is 4.74. The van der Waals surface area contributed by atoms with Gasteiger partial charge in [-0.3, -0.25) is 0 Å². The molecule has 0 amide bonds. The first-order valence-electron chi connectivity index (χ1n) is 5.58. The van der Waals surface area contributed by atoms with Crippen molar-refractivity contribution in [2.24, 2.45) is 11.8 Å². The van der Waals surface area contributed by atoms with E-state index in [1.165, 1.54) is 0 Å². The molecular weight excluding hydrogens is 205 g/mol. The molecule has 1 rings (SSSR count). The van der Waals surface area contributed by atoms with Crippen molar-refractivity contribution in [1.82, 2.24) is 0 Å². The van der Waals surface area contributed by atoms with E-state index in [1.54, 1.807) is 0 Å². The molecule has 0 aromatic carbocycles. The highest BCUT2D eigenvalue weighted by Gasteiger charge is 2.41. The van der Waals surface area contributed by atoms with Crippen LogP contribution in [0, 0.1) is 11.8 Å². The second-order valence-electron chi connectivity index (χ2n) is 4.74. The molecule has 1 nitrogen and oxygen atoms in total. The van der Waals surface area contributed by atoms with Gasteiger partial charge in [-0.2, -0.15) is 13.2 Å². The van der Waals surface area contributed by atoms with Gasteiger partial charge in [-0.05, 0) is 31.6 Å². The first kappa shape index (κ1) is 12.8. The molecule has 0 radical (unpaired) electrons. The van der Waals surface area contributed by atoms with Gasteiger partial charge in [0.15, 0.2) is 0 Å². The minimum absolute atomic E-state index is 0.0472. The maximum Gasteiger partial charge on any atom is 0.391 e. The van der Waals surface area contributed by atoms with Crippen LogP contribution in [-0.4, -0.2) is 18.9 Å². The Labute approximate surface area is 89.0 Å². The molecule has 0 aliphatic heterocycles. The molecular formula is C11H19F3O. The Hall–Kier alpha value is -0.250. The largest absolute Gasteiger partial charge is 0.391 e. The van der Waals surface area contributed by atoms with E-state index in [9.17, 15) is 13.2 Å². The normalized spacial score (nSPS) is 28.4. The van der Waals surface area contributed by atoms with Crippen LogP contribution in [0.3, 0.4) is 0 Å². The first-order chi connectivity index (χ1) is 6.89. The minimum Gasteiger partial charge on any atom is -0.378 e. The van der Waals surface area contributed by atoms with Crippen LogP contribution in [0.5, 0.6) is 0 Å². The van der Waals surface area contributed by atoms with Gasteiger partial charge >= 0.3 is 6.18 Å². The zero-order chi connectivity index (χ0) is 11.5. The number of rotatable bonds is 3. The van der Waals surface area contributed by atoms with Gasteiger partial charge in [0, 0.05) is 6.61 Å². The molecule has 0 unspecified atom stereocenters. The van der Waals surface area contributed by atoms with Crippen LogP contribution in [-0.2, 0) is 4.74 Å². The summed E-state index contributed by atoms with van der Waals surface area (Å²) in [5, 5.41) is 0. The van der Waals surface area contributed by atoms with Gasteiger partial charge < -0.3 is 4.74 Å². The van der Waals surface area contributed by atoms with Crippen molar-refractivity contribution in [3.05, 3.63) is 0 Å². The second kappa shape index (κ2) is 5.19. The van der Waals surface area contributed by atoms with Gasteiger partial charge in [-0.25, -0.2) is 0 Å². The molecule has 0 bridgehead atoms. The van der Waals surface area contributed by atoms with Gasteiger partial charge in [0.05, 0.1) is 12.0 Å². The van der Waals surface area contributed by atoms with Crippen LogP contribution < -0.4 is 0 Å². The number of hydrogen-bond donors (Lipinski definition) is 0. The summed E-state index contributed by atoms with van der Waals surface area (Å²) in [7, 11) is 0. The zero-order valence-electron chi connectivity index (χ0n) is 9.31. The van der Waals surface area contributed by atoms with Gasteiger partial charge in [-0.15, -0.1) is 0 Å². The van der Waals surface area contributed by atoms with E-state index in [0.717, 1.165) is 0 Å². The van der Waals surface area contributed by atoms with Crippen molar-refractivity contribution in [3.63, 3.8) is 0 Å². The van der Waals surface area contributed by atoms with Crippen molar-refractivity contribution in [2.75, 3.05) is 6.61 Å². The van der Waals surface area contributed by atoms with Gasteiger partial charge in [-0.1, -0.05) is 13.8 Å². The summed E-state index contributed by atoms with van der Waals surface area (Å²) in [6.07, 6.45) is -2.40. The minimum atomic E-state index is -4.01. The summed E-state index contributed by atoms with van der Waals surface area (Å²) < 4.78 is 42.6. The number of ether oxygens (including phenoxy) is 1. The predicted molar refractivity (Wildman–Crippen MR) is 52.6 cm³/mol. The molecule has 0 heterocycles. The molecule has 1 saturated carbocycles. The monoisotopic (exact) mass is 224 g/mol. The third kappa shape index (κ3) is 4.41. The number of hydrogen-bond acceptors (Lipinski definition) is 1. The maximum atomic E-state index is 12.3. The van der Waals surface area contributed by atoms with Crippen molar-refractivity contribution >= 4 is 0 Å². The predicted octanol–water partition coefficient (Wildman–Crippen LogP) is 3.78. The van der Waals surface area contributed by atoms with Crippen molar-refractivity contribution in [3.8, 4) is 0 Å². The van der Waals surface area contributed by atoms with E-state index in [1.807, 2.05) is 13.8 Å². The lowest BCUT2D eigenvalue weighted by molar-refractivity contribution is -0.187. The van der Waals surface area contributed by atoms with Crippen molar-refractivity contribution < 1.29 is 17.9 Å². The molecule has 0 spiro atoms. The molecule has 15 heavy (non-hydrogen) atoms. The van der Waals surface area contributed by atoms with Crippen LogP contribution >= 0.6 is 0 Å². The molecule has 0 atom stereocenters. The Morgan fingerprint density at radius 3 is 2.07 bits per heavy atom. The average molecular weight is 224 g/mol. The average Bonchev–Trinajstić information content (AvgIpc) is 2.14. The smallest absolute Gasteiger partial charge is 0.378 e. The Morgan fingerprint density at radius 1 is 1.13 bits per heavy atom. The van der Waals surface area contributed by atoms with E-state index < -0.39 is 12.1 Å². The van der Waals surface area contributed by atoms with Crippen LogP contribution in [0.2, 0.25) is 0 Å². The molecule has 0 N–H and O–H groups in total. The highest BCUT2D eigenvalue weighted by Crippen LogP contribution is 2.38. The van der Waals surface area contributed by atoms with E-state index >= 15 is 0 Å². The summed E-state index contributed by atoms with van der Waals surface area (Å²) in [4.78, 5) is 0. The van der Waals surface area contributed by atoms with Crippen molar-refractivity contribution in [2.45, 2.75) is 51.8 Å². The summed E-state index contributed by atoms with van der Waals surface area (Å²) in [6, 6.07) is 0. The van der Waals surface area contributed by atoms with Gasteiger partial charge in [0.25, 0.3) is 0 Å². The lowest BCUT2D eigenvalue weighted by Gasteiger charge is -2.30. The molecule has 1 aliphatic carbocycles. The quantitative estimate of drug-likeness (QED) is 0.708. The molecule has 0 aromatic rings. The SMILES string of the molecule is CC(C)COC1CCC(C(F)(F)F)CC1. The fraction of sp³-hybridized carbons (Fsp3) is 1.00. The highest BCUT2D eigenvalue weighted by atomic mass is 19.4. The van der Waals surface area contributed by atoms with E-state index in [2.05, 4.69) is 0 Å². The van der Waals surface area contributed by atoms with Gasteiger partial charge in [0.1, 0.15) is 0 Å². The highest BCUT2D eigenvalue weighted by molar-refractivity contribution is 4.77. The van der Waals surface area contributed by atoms with Crippen LogP contribution in [0.4, 0.5) is 13.2 Å². The molecule has 4 heteroatoms. The number of halogens is 3. The fourth-order valence-corrected chi connectivity index (χ4v) is 1.89. The molecule has 0 saturated heterocycles. The first-order valence-corrected chi connectivity index (χ1v) is 5.58. The van der Waals surface area contributed by atoms with Crippen LogP contribution in [0.1, 0.15) is 39.5 Å². The third-order valence-electron chi connectivity index (χ3n) is 2.80. The lowest BCUT2D eigenvalue weighted by Crippen LogP contribution is -2.31. The Morgan fingerprint density at radius 2 is 1.67 bits per heavy atom. The number of alkyl halides is 3. The Bertz CT molecular complexity index is 181. The molecule has 1 fully saturated rings. The third-order valence-corrected chi connectivity index (χ3v) is 2.80. The molecule has 90 valence electrons. The van der Waals surface area contributed by atoms with E-state index in [4.69, 9.17) is 4.74 Å². The molecule has 1 aliphatic rings. The Balaban J connectivity index is 2.24. The lowest BCUT2D eigenvalue weighted by atomic mass is 9.87. The Kier molecular flexibility index (Phi) is 4.44. The topological polar surface area (TPSA) is 9.23 Å². The van der Waals surface area contributed by atoms with E-state index in [0.29, 0.717) is 25.4 Å². The molecule has 0 aromatic heterocycles. The fourth-order valence-electron chi connectivity index (χ4n) is 1.89. The van der Waals surface area contributed by atoms with Crippen molar-refractivity contribution in [1.29, 1.82) is 0 Å². The summed E-state index contributed by atoms with van der Waals surface area (Å²) in [6.45, 7) is 4.74. The van der Waals surface area contributed by atoms with Crippen LogP contribution in [0.15, 0.2) is 0 Å². The summed E-state index contributed by atoms with van der Waals surface area (Å²) >= 11 is 0. The van der Waals surface area contributed by atoms with E-state index in [-0.39, 0.29) is 18.9 Å². The standard InChI is InChI=1S/C11H19F3O/c1-8(2)7-15-10-5-3-9(4-6-10)11(12,13)14/h8-10H,3-7H2,1-2H3. The van der Waals surface area contributed by atoms with Gasteiger partial charge in [0.2, 0.25) is 0 Å². The summed E-state index contributed by atoms with van der Waals surface area (Å²) in [5.74, 6) is -0.651. The zero-order valence-corrected chi connectivity index (χ0v) is 9.31.